The molecule has 1 heterocycles. The number of nitrogens with zero attached hydrogens (tertiary/aromatic N) is 1. The second-order valence-corrected chi connectivity index (χ2v) is 4.13. The Kier molecular flexibility index (Phi) is 3.97. The van der Waals surface area contributed by atoms with Crippen molar-refractivity contribution >= 4 is 17.6 Å². The number of aromatic nitrogens is 1. The molecule has 1 aromatic carbocycles. The van der Waals surface area contributed by atoms with E-state index in [0.29, 0.717) is 5.02 Å². The van der Waals surface area contributed by atoms with Crippen LogP contribution in [0.2, 0.25) is 5.02 Å². The Balaban J connectivity index is 2.13. The van der Waals surface area contributed by atoms with Crippen molar-refractivity contribution in [3.63, 3.8) is 0 Å². The minimum Gasteiger partial charge on any atom is -0.478 e. The van der Waals surface area contributed by atoms with Gasteiger partial charge in [-0.15, -0.1) is 0 Å². The van der Waals surface area contributed by atoms with Gasteiger partial charge in [0.15, 0.2) is 5.82 Å². The first-order valence-electron chi connectivity index (χ1n) is 5.33. The number of aromatic carboxylic acids is 1. The zero-order valence-corrected chi connectivity index (χ0v) is 10.4. The van der Waals surface area contributed by atoms with Gasteiger partial charge in [-0.05, 0) is 23.8 Å². The van der Waals surface area contributed by atoms with Crippen LogP contribution in [0, 0.1) is 5.82 Å². The van der Waals surface area contributed by atoms with E-state index in [-0.39, 0.29) is 12.5 Å². The average Bonchev–Trinajstić information content (AvgIpc) is 2.39. The van der Waals surface area contributed by atoms with E-state index in [1.54, 1.807) is 24.3 Å². The molecule has 2 aromatic rings. The van der Waals surface area contributed by atoms with Crippen molar-refractivity contribution in [1.82, 2.24) is 4.98 Å². The molecule has 19 heavy (non-hydrogen) atoms. The van der Waals surface area contributed by atoms with Crippen LogP contribution in [0.25, 0.3) is 0 Å². The minimum absolute atomic E-state index is 0.0736. The lowest BCUT2D eigenvalue weighted by atomic mass is 10.2. The molecule has 0 aliphatic rings. The normalized spacial score (nSPS) is 10.2. The van der Waals surface area contributed by atoms with Gasteiger partial charge in [-0.25, -0.2) is 14.2 Å². The molecule has 0 radical (unpaired) electrons. The number of hydrogen-bond acceptors (Lipinski definition) is 3. The first kappa shape index (κ1) is 13.3. The summed E-state index contributed by atoms with van der Waals surface area (Å²) in [5, 5.41) is 9.35. The Morgan fingerprint density at radius 1 is 1.32 bits per heavy atom. The molecule has 0 saturated heterocycles. The van der Waals surface area contributed by atoms with Gasteiger partial charge in [-0.2, -0.15) is 0 Å². The number of pyridine rings is 1. The maximum atomic E-state index is 13.7. The monoisotopic (exact) mass is 281 g/mol. The predicted octanol–water partition coefficient (Wildman–Crippen LogP) is 3.15. The number of benzene rings is 1. The summed E-state index contributed by atoms with van der Waals surface area (Å²) in [6, 6.07) is 7.88. The highest BCUT2D eigenvalue weighted by molar-refractivity contribution is 6.30. The Hall–Kier alpha value is -2.14. The third kappa shape index (κ3) is 3.20. The van der Waals surface area contributed by atoms with Gasteiger partial charge in [0.25, 0.3) is 5.88 Å². The summed E-state index contributed by atoms with van der Waals surface area (Å²) in [4.78, 5) is 14.4. The molecule has 0 fully saturated rings. The fourth-order valence-corrected chi connectivity index (χ4v) is 1.55. The van der Waals surface area contributed by atoms with Crippen molar-refractivity contribution in [2.75, 3.05) is 0 Å². The Labute approximate surface area is 113 Å². The molecule has 0 aliphatic heterocycles. The van der Waals surface area contributed by atoms with Gasteiger partial charge in [-0.1, -0.05) is 23.7 Å². The van der Waals surface area contributed by atoms with E-state index >= 15 is 0 Å². The first-order valence-corrected chi connectivity index (χ1v) is 5.71. The van der Waals surface area contributed by atoms with Crippen LogP contribution in [0.1, 0.15) is 15.9 Å². The van der Waals surface area contributed by atoms with Gasteiger partial charge < -0.3 is 9.84 Å². The van der Waals surface area contributed by atoms with Crippen molar-refractivity contribution in [1.29, 1.82) is 0 Å². The molecule has 0 saturated carbocycles. The van der Waals surface area contributed by atoms with Gasteiger partial charge in [0.05, 0.1) is 0 Å². The third-order valence-electron chi connectivity index (χ3n) is 2.38. The van der Waals surface area contributed by atoms with E-state index in [9.17, 15) is 9.18 Å². The van der Waals surface area contributed by atoms with Crippen LogP contribution in [0.4, 0.5) is 4.39 Å². The van der Waals surface area contributed by atoms with Gasteiger partial charge in [0, 0.05) is 11.2 Å². The van der Waals surface area contributed by atoms with Gasteiger partial charge >= 0.3 is 5.97 Å². The zero-order valence-electron chi connectivity index (χ0n) is 9.64. The van der Waals surface area contributed by atoms with Crippen LogP contribution in [0.5, 0.6) is 5.88 Å². The van der Waals surface area contributed by atoms with E-state index in [1.807, 2.05) is 0 Å². The first-order chi connectivity index (χ1) is 9.08. The molecule has 1 N–H and O–H groups in total. The summed E-state index contributed by atoms with van der Waals surface area (Å²) < 4.78 is 18.9. The van der Waals surface area contributed by atoms with Crippen LogP contribution in [-0.4, -0.2) is 16.1 Å². The largest absolute Gasteiger partial charge is 0.478 e. The molecule has 6 heteroatoms. The van der Waals surface area contributed by atoms with E-state index in [0.717, 1.165) is 11.6 Å². The Morgan fingerprint density at radius 2 is 2.00 bits per heavy atom. The summed E-state index contributed by atoms with van der Waals surface area (Å²) in [7, 11) is 0. The Morgan fingerprint density at radius 3 is 2.63 bits per heavy atom. The fourth-order valence-electron chi connectivity index (χ4n) is 1.42. The second-order valence-electron chi connectivity index (χ2n) is 3.70. The lowest BCUT2D eigenvalue weighted by Crippen LogP contribution is -2.05. The molecule has 2 rings (SSSR count). The molecular weight excluding hydrogens is 273 g/mol. The lowest BCUT2D eigenvalue weighted by molar-refractivity contribution is 0.0690. The second kappa shape index (κ2) is 5.67. The minimum atomic E-state index is -1.36. The van der Waals surface area contributed by atoms with Gasteiger partial charge in [0.1, 0.15) is 12.2 Å². The number of carboxylic acids is 1. The van der Waals surface area contributed by atoms with Crippen LogP contribution in [0.15, 0.2) is 36.5 Å². The summed E-state index contributed by atoms with van der Waals surface area (Å²) >= 11 is 5.73. The molecule has 4 nitrogen and oxygen atoms in total. The van der Waals surface area contributed by atoms with E-state index in [1.165, 1.54) is 6.20 Å². The number of halogens is 2. The molecule has 98 valence electrons. The molecule has 0 amide bonds. The van der Waals surface area contributed by atoms with Crippen molar-refractivity contribution in [2.45, 2.75) is 6.61 Å². The lowest BCUT2D eigenvalue weighted by Gasteiger charge is -2.07. The maximum absolute atomic E-state index is 13.7. The van der Waals surface area contributed by atoms with Crippen molar-refractivity contribution in [3.05, 3.63) is 58.5 Å². The number of carbonyl (C=O) groups is 1. The Bertz CT molecular complexity index is 601. The number of rotatable bonds is 4. The van der Waals surface area contributed by atoms with Crippen LogP contribution < -0.4 is 4.74 Å². The van der Waals surface area contributed by atoms with Crippen LogP contribution in [0.3, 0.4) is 0 Å². The van der Waals surface area contributed by atoms with Crippen LogP contribution in [-0.2, 0) is 6.61 Å². The summed E-state index contributed by atoms with van der Waals surface area (Å²) in [5.74, 6) is -2.69. The zero-order chi connectivity index (χ0) is 13.8. The topological polar surface area (TPSA) is 59.4 Å². The van der Waals surface area contributed by atoms with Crippen molar-refractivity contribution in [3.8, 4) is 5.88 Å². The SMILES string of the molecule is O=C(O)c1ccnc(OCc2ccc(Cl)cc2)c1F. The summed E-state index contributed by atoms with van der Waals surface area (Å²) in [5.41, 5.74) is 0.299. The van der Waals surface area contributed by atoms with Crippen LogP contribution >= 0.6 is 11.6 Å². The average molecular weight is 282 g/mol. The highest BCUT2D eigenvalue weighted by atomic mass is 35.5. The maximum Gasteiger partial charge on any atom is 0.338 e. The highest BCUT2D eigenvalue weighted by Crippen LogP contribution is 2.19. The van der Waals surface area contributed by atoms with Gasteiger partial charge in [0.2, 0.25) is 0 Å². The molecule has 0 atom stereocenters. The number of ether oxygens (including phenoxy) is 1. The number of hydrogen-bond donors (Lipinski definition) is 1. The van der Waals surface area contributed by atoms with Crippen molar-refractivity contribution in [2.24, 2.45) is 0 Å². The standard InChI is InChI=1S/C13H9ClFNO3/c14-9-3-1-8(2-4-9)7-19-12-11(15)10(13(17)18)5-6-16-12/h1-6H,7H2,(H,17,18). The quantitative estimate of drug-likeness (QED) is 0.935. The van der Waals surface area contributed by atoms with Gasteiger partial charge in [-0.3, -0.25) is 0 Å². The third-order valence-corrected chi connectivity index (χ3v) is 2.63. The summed E-state index contributed by atoms with van der Waals surface area (Å²) in [6.07, 6.45) is 1.18. The highest BCUT2D eigenvalue weighted by Gasteiger charge is 2.16. The molecule has 1 aromatic heterocycles. The fraction of sp³-hybridized carbons (Fsp3) is 0.0769. The smallest absolute Gasteiger partial charge is 0.338 e. The van der Waals surface area contributed by atoms with E-state index in [2.05, 4.69) is 4.98 Å². The molecule has 0 bridgehead atoms. The van der Waals surface area contributed by atoms with E-state index < -0.39 is 17.3 Å². The van der Waals surface area contributed by atoms with E-state index in [4.69, 9.17) is 21.4 Å². The summed E-state index contributed by atoms with van der Waals surface area (Å²) in [6.45, 7) is 0.0736. The predicted molar refractivity (Wildman–Crippen MR) is 66.9 cm³/mol. The molecule has 0 spiro atoms. The molecule has 0 aliphatic carbocycles. The van der Waals surface area contributed by atoms with Crippen molar-refractivity contribution < 1.29 is 19.0 Å². The number of carboxylic acid groups (broad SMARTS) is 1. The molecular formula is C13H9ClFNO3. The molecule has 0 unspecified atom stereocenters.